The van der Waals surface area contributed by atoms with Gasteiger partial charge in [0.05, 0.1) is 12.2 Å². The molecular weight excluding hydrogens is 382 g/mol. The van der Waals surface area contributed by atoms with E-state index in [1.54, 1.807) is 5.32 Å². The number of hydrogen-bond acceptors (Lipinski definition) is 3. The summed E-state index contributed by atoms with van der Waals surface area (Å²) in [5.74, 6) is -2.83. The van der Waals surface area contributed by atoms with Gasteiger partial charge >= 0.3 is 24.0 Å². The van der Waals surface area contributed by atoms with Gasteiger partial charge in [-0.1, -0.05) is 19.1 Å². The fourth-order valence-electron chi connectivity index (χ4n) is 2.19. The van der Waals surface area contributed by atoms with Gasteiger partial charge in [0.2, 0.25) is 5.91 Å². The Balaban J connectivity index is 3.24. The number of nitrogens with one attached hydrogen (secondary N) is 1. The number of alkyl halides is 6. The molecule has 0 unspecified atom stereocenters. The minimum Gasteiger partial charge on any atom is -0.460 e. The topological polar surface area (TPSA) is 72.0 Å². The number of benzene rings is 1. The van der Waals surface area contributed by atoms with Crippen LogP contribution < -0.4 is 10.6 Å². The van der Waals surface area contributed by atoms with Crippen LogP contribution in [0.25, 0.3) is 0 Å². The van der Waals surface area contributed by atoms with Crippen LogP contribution in [0.1, 0.15) is 31.4 Å². The highest BCUT2D eigenvalue weighted by molar-refractivity contribution is 5.87. The largest absolute Gasteiger partial charge is 0.478 e. The average Bonchev–Trinajstić information content (AvgIpc) is 2.56. The van der Waals surface area contributed by atoms with Crippen molar-refractivity contribution in [2.24, 2.45) is 0 Å². The molecule has 27 heavy (non-hydrogen) atoms. The number of carbonyl (C=O) groups excluding carboxylic acids is 2. The molecule has 0 heterocycles. The molecule has 1 rings (SSSR count). The fourth-order valence-corrected chi connectivity index (χ4v) is 2.19. The van der Waals surface area contributed by atoms with Gasteiger partial charge in [-0.25, -0.2) is 4.79 Å². The third kappa shape index (κ3) is 5.59. The van der Waals surface area contributed by atoms with E-state index in [0.717, 1.165) is 12.1 Å². The number of ether oxygens (including phenoxy) is 1. The van der Waals surface area contributed by atoms with Crippen LogP contribution in [-0.2, 0) is 27.0 Å². The molecule has 1 aromatic carbocycles. The van der Waals surface area contributed by atoms with Crippen molar-refractivity contribution in [3.8, 4) is 0 Å². The number of halogens is 6. The quantitative estimate of drug-likeness (QED) is 0.418. The van der Waals surface area contributed by atoms with E-state index in [0.29, 0.717) is 11.4 Å². The van der Waals surface area contributed by atoms with Gasteiger partial charge in [-0.15, -0.1) is 0 Å². The lowest BCUT2D eigenvalue weighted by atomic mass is 10.1. The predicted octanol–water partition coefficient (Wildman–Crippen LogP) is 2.12. The highest BCUT2D eigenvalue weighted by Gasteiger charge is 2.67. The minimum atomic E-state index is -5.26. The molecule has 0 saturated heterocycles. The van der Waals surface area contributed by atoms with E-state index in [-0.39, 0.29) is 18.6 Å². The molecule has 0 fully saturated rings. The lowest BCUT2D eigenvalue weighted by Gasteiger charge is -2.31. The van der Waals surface area contributed by atoms with Crippen LogP contribution in [0.3, 0.4) is 0 Å². The van der Waals surface area contributed by atoms with Gasteiger partial charge in [-0.2, -0.15) is 26.3 Å². The Hall–Kier alpha value is -2.30. The van der Waals surface area contributed by atoms with Crippen molar-refractivity contribution in [2.45, 2.75) is 44.8 Å². The molecule has 3 N–H and O–H groups in total. The normalized spacial score (nSPS) is 14.4. The highest BCUT2D eigenvalue weighted by Crippen LogP contribution is 2.30. The summed E-state index contributed by atoms with van der Waals surface area (Å²) in [6.45, 7) is 1.53. The Morgan fingerprint density at radius 3 is 2.22 bits per heavy atom. The molecule has 1 amide bonds. The van der Waals surface area contributed by atoms with Gasteiger partial charge < -0.3 is 10.1 Å². The zero-order valence-corrected chi connectivity index (χ0v) is 14.5. The van der Waals surface area contributed by atoms with Crippen molar-refractivity contribution in [3.63, 3.8) is 0 Å². The molecule has 1 aromatic rings. The smallest absolute Gasteiger partial charge is 0.460 e. The molecule has 0 bridgehead atoms. The zero-order valence-electron chi connectivity index (χ0n) is 14.5. The van der Waals surface area contributed by atoms with Gasteiger partial charge in [-0.05, 0) is 19.1 Å². The van der Waals surface area contributed by atoms with E-state index in [2.05, 4.69) is 4.74 Å². The van der Waals surface area contributed by atoms with E-state index < -0.39 is 42.0 Å². The Labute approximate surface area is 151 Å². The number of esters is 1. The number of rotatable bonds is 7. The molecule has 0 aliphatic carbocycles. The average molecular weight is 401 g/mol. The summed E-state index contributed by atoms with van der Waals surface area (Å²) in [6, 6.07) is 3.66. The molecule has 1 atom stereocenters. The second kappa shape index (κ2) is 8.59. The first-order valence-corrected chi connectivity index (χ1v) is 7.92. The summed E-state index contributed by atoms with van der Waals surface area (Å²) in [5.41, 5.74) is -4.63. The Bertz CT molecular complexity index is 675. The van der Waals surface area contributed by atoms with Crippen LogP contribution in [0, 0.1) is 0 Å². The van der Waals surface area contributed by atoms with E-state index in [1.807, 2.05) is 0 Å². The van der Waals surface area contributed by atoms with E-state index in [1.165, 1.54) is 19.9 Å². The van der Waals surface area contributed by atoms with Crippen LogP contribution >= 0.6 is 0 Å². The van der Waals surface area contributed by atoms with Gasteiger partial charge in [-0.3, -0.25) is 10.1 Å². The molecule has 0 spiro atoms. The number of hydrogen-bond donors (Lipinski definition) is 2. The zero-order chi connectivity index (χ0) is 20.9. The van der Waals surface area contributed by atoms with Gasteiger partial charge in [0, 0.05) is 12.0 Å². The van der Waals surface area contributed by atoms with Crippen LogP contribution in [0.15, 0.2) is 24.3 Å². The maximum Gasteiger partial charge on any atom is 0.478 e. The molecule has 11 heteroatoms. The molecule has 0 aliphatic heterocycles. The van der Waals surface area contributed by atoms with E-state index in [4.69, 9.17) is 0 Å². The van der Waals surface area contributed by atoms with E-state index in [9.17, 15) is 35.9 Å². The molecule has 0 aliphatic rings. The third-order valence-electron chi connectivity index (χ3n) is 3.60. The fraction of sp³-hybridized carbons (Fsp3) is 0.500. The van der Waals surface area contributed by atoms with Gasteiger partial charge in [0.15, 0.2) is 0 Å². The number of quaternary nitrogens is 1. The van der Waals surface area contributed by atoms with Crippen LogP contribution in [0.4, 0.5) is 26.3 Å². The molecule has 152 valence electrons. The lowest BCUT2D eigenvalue weighted by Crippen LogP contribution is -3.06. The first kappa shape index (κ1) is 22.7. The highest BCUT2D eigenvalue weighted by atomic mass is 19.4. The lowest BCUT2D eigenvalue weighted by molar-refractivity contribution is -0.757. The number of carbonyl (C=O) groups is 2. The minimum absolute atomic E-state index is 0.117. The Kier molecular flexibility index (Phi) is 7.24. The molecule has 0 aromatic heterocycles. The van der Waals surface area contributed by atoms with Crippen molar-refractivity contribution in [2.75, 3.05) is 6.61 Å². The van der Waals surface area contributed by atoms with Gasteiger partial charge in [0.25, 0.3) is 0 Å². The Morgan fingerprint density at radius 1 is 1.11 bits per heavy atom. The van der Waals surface area contributed by atoms with Crippen LogP contribution in [-0.4, -0.2) is 30.3 Å². The molecule has 5 nitrogen and oxygen atoms in total. The van der Waals surface area contributed by atoms with Crippen molar-refractivity contribution < 1.29 is 46.0 Å². The molecular formula is C16H19F6N2O3+. The second-order valence-corrected chi connectivity index (χ2v) is 5.53. The summed E-state index contributed by atoms with van der Waals surface area (Å²) in [5, 5.41) is 2.01. The second-order valence-electron chi connectivity index (χ2n) is 5.53. The maximum atomic E-state index is 13.7. The SMILES string of the molecule is CCOC(=O)[C@@](NC(=O)CC)([NH2+]Cc1cccc(C(F)(F)F)c1)C(F)(F)F. The number of amides is 1. The van der Waals surface area contributed by atoms with Gasteiger partial charge in [0.1, 0.15) is 6.54 Å². The monoisotopic (exact) mass is 401 g/mol. The van der Waals surface area contributed by atoms with Crippen molar-refractivity contribution >= 4 is 11.9 Å². The summed E-state index contributed by atoms with van der Waals surface area (Å²) in [6.07, 6.45) is -10.3. The van der Waals surface area contributed by atoms with E-state index >= 15 is 0 Å². The maximum absolute atomic E-state index is 13.7. The molecule has 0 saturated carbocycles. The first-order chi connectivity index (χ1) is 12.4. The summed E-state index contributed by atoms with van der Waals surface area (Å²) >= 11 is 0. The van der Waals surface area contributed by atoms with Crippen molar-refractivity contribution in [1.82, 2.24) is 5.32 Å². The Morgan fingerprint density at radius 2 is 1.74 bits per heavy atom. The third-order valence-corrected chi connectivity index (χ3v) is 3.60. The summed E-state index contributed by atoms with van der Waals surface area (Å²) < 4.78 is 83.8. The molecule has 0 radical (unpaired) electrons. The predicted molar refractivity (Wildman–Crippen MR) is 80.9 cm³/mol. The van der Waals surface area contributed by atoms with Crippen molar-refractivity contribution in [3.05, 3.63) is 35.4 Å². The summed E-state index contributed by atoms with van der Waals surface area (Å²) in [7, 11) is 0. The van der Waals surface area contributed by atoms with Crippen LogP contribution in [0.5, 0.6) is 0 Å². The standard InChI is InChI=1S/C16H18F6N2O3/c1-3-12(25)24-14(16(20,21)22,13(26)27-4-2)23-9-10-6-5-7-11(8-10)15(17,18)19/h5-8,23H,3-4,9H2,1-2H3,(H,24,25)/p+1/t14-/m0/s1. The number of nitrogens with two attached hydrogens (primary N) is 1. The van der Waals surface area contributed by atoms with Crippen molar-refractivity contribution in [1.29, 1.82) is 0 Å². The summed E-state index contributed by atoms with van der Waals surface area (Å²) in [4.78, 5) is 23.6. The first-order valence-electron chi connectivity index (χ1n) is 7.92. The van der Waals surface area contributed by atoms with Crippen LogP contribution in [0.2, 0.25) is 0 Å².